The van der Waals surface area contributed by atoms with Gasteiger partial charge in [-0.1, -0.05) is 38.1 Å². The fraction of sp³-hybridized carbons (Fsp3) is 0.375. The minimum Gasteiger partial charge on any atom is -0.349 e. The van der Waals surface area contributed by atoms with E-state index in [1.54, 1.807) is 6.07 Å². The summed E-state index contributed by atoms with van der Waals surface area (Å²) < 4.78 is 0. The first-order chi connectivity index (χ1) is 9.97. The average Bonchev–Trinajstić information content (AvgIpc) is 2.91. The van der Waals surface area contributed by atoms with E-state index >= 15 is 0 Å². The standard InChI is InChI=1S/C16H22N4O/c1-10(2)12-4-6-13(7-5-12)14(17)9-18-16(21)15-8-11(3)19-20-15/h4-8,10,14H,9,17H2,1-3H3,(H,18,21)(H,19,20). The van der Waals surface area contributed by atoms with E-state index in [4.69, 9.17) is 5.73 Å². The topological polar surface area (TPSA) is 83.8 Å². The van der Waals surface area contributed by atoms with E-state index in [-0.39, 0.29) is 11.9 Å². The van der Waals surface area contributed by atoms with Crippen LogP contribution in [-0.4, -0.2) is 22.6 Å². The lowest BCUT2D eigenvalue weighted by atomic mass is 9.99. The monoisotopic (exact) mass is 286 g/mol. The summed E-state index contributed by atoms with van der Waals surface area (Å²) in [4.78, 5) is 11.9. The molecule has 5 nitrogen and oxygen atoms in total. The molecule has 2 aromatic rings. The van der Waals surface area contributed by atoms with E-state index in [2.05, 4.69) is 41.5 Å². The van der Waals surface area contributed by atoms with Gasteiger partial charge in [0, 0.05) is 18.3 Å². The van der Waals surface area contributed by atoms with Crippen molar-refractivity contribution >= 4 is 5.91 Å². The zero-order chi connectivity index (χ0) is 15.4. The normalized spacial score (nSPS) is 12.4. The molecule has 0 aliphatic rings. The van der Waals surface area contributed by atoms with Gasteiger partial charge in [0.1, 0.15) is 5.69 Å². The van der Waals surface area contributed by atoms with Crippen molar-refractivity contribution in [3.63, 3.8) is 0 Å². The highest BCUT2D eigenvalue weighted by atomic mass is 16.1. The molecule has 0 fully saturated rings. The summed E-state index contributed by atoms with van der Waals surface area (Å²) in [6.07, 6.45) is 0. The van der Waals surface area contributed by atoms with Crippen LogP contribution in [0.25, 0.3) is 0 Å². The van der Waals surface area contributed by atoms with Crippen LogP contribution in [0.2, 0.25) is 0 Å². The smallest absolute Gasteiger partial charge is 0.271 e. The van der Waals surface area contributed by atoms with E-state index in [0.717, 1.165) is 11.3 Å². The Balaban J connectivity index is 1.92. The molecular weight excluding hydrogens is 264 g/mol. The van der Waals surface area contributed by atoms with Gasteiger partial charge >= 0.3 is 0 Å². The van der Waals surface area contributed by atoms with E-state index in [1.807, 2.05) is 19.1 Å². The maximum atomic E-state index is 11.9. The van der Waals surface area contributed by atoms with E-state index in [9.17, 15) is 4.79 Å². The average molecular weight is 286 g/mol. The van der Waals surface area contributed by atoms with E-state index < -0.39 is 0 Å². The lowest BCUT2D eigenvalue weighted by molar-refractivity contribution is 0.0946. The lowest BCUT2D eigenvalue weighted by Gasteiger charge is -2.14. The number of nitrogens with zero attached hydrogens (tertiary/aromatic N) is 1. The molecule has 1 heterocycles. The third-order valence-electron chi connectivity index (χ3n) is 3.45. The second kappa shape index (κ2) is 6.54. The molecule has 1 aromatic heterocycles. The van der Waals surface area contributed by atoms with Gasteiger partial charge in [-0.15, -0.1) is 0 Å². The van der Waals surface area contributed by atoms with E-state index in [1.165, 1.54) is 5.56 Å². The minimum absolute atomic E-state index is 0.214. The minimum atomic E-state index is -0.227. The predicted molar refractivity (Wildman–Crippen MR) is 83.1 cm³/mol. The molecule has 0 radical (unpaired) electrons. The summed E-state index contributed by atoms with van der Waals surface area (Å²) in [6, 6.07) is 9.68. The van der Waals surface area contributed by atoms with Gasteiger partial charge in [0.25, 0.3) is 5.91 Å². The molecule has 0 spiro atoms. The Morgan fingerprint density at radius 3 is 2.43 bits per heavy atom. The Hall–Kier alpha value is -2.14. The molecule has 4 N–H and O–H groups in total. The van der Waals surface area contributed by atoms with Gasteiger partial charge in [0.2, 0.25) is 0 Å². The number of H-pyrrole nitrogens is 1. The predicted octanol–water partition coefficient (Wildman–Crippen LogP) is 2.27. The Bertz CT molecular complexity index is 601. The molecule has 0 saturated heterocycles. The molecular formula is C16H22N4O. The first-order valence-electron chi connectivity index (χ1n) is 7.13. The maximum Gasteiger partial charge on any atom is 0.271 e. The van der Waals surface area contributed by atoms with Gasteiger partial charge in [-0.25, -0.2) is 0 Å². The second-order valence-corrected chi connectivity index (χ2v) is 5.57. The molecule has 21 heavy (non-hydrogen) atoms. The number of aryl methyl sites for hydroxylation is 1. The highest BCUT2D eigenvalue weighted by molar-refractivity contribution is 5.92. The number of amides is 1. The number of aromatic amines is 1. The van der Waals surface area contributed by atoms with Crippen molar-refractivity contribution in [1.82, 2.24) is 15.5 Å². The first-order valence-corrected chi connectivity index (χ1v) is 7.13. The SMILES string of the molecule is Cc1cc(C(=O)NCC(N)c2ccc(C(C)C)cc2)n[nH]1. The molecule has 1 amide bonds. The zero-order valence-corrected chi connectivity index (χ0v) is 12.7. The van der Waals surface area contributed by atoms with Crippen LogP contribution in [0.5, 0.6) is 0 Å². The summed E-state index contributed by atoms with van der Waals surface area (Å²) in [6.45, 7) is 6.54. The highest BCUT2D eigenvalue weighted by Crippen LogP contribution is 2.17. The van der Waals surface area contributed by atoms with Crippen LogP contribution >= 0.6 is 0 Å². The van der Waals surface area contributed by atoms with Crippen molar-refractivity contribution in [2.45, 2.75) is 32.7 Å². The number of rotatable bonds is 5. The molecule has 0 aliphatic heterocycles. The number of nitrogens with two attached hydrogens (primary N) is 1. The largest absolute Gasteiger partial charge is 0.349 e. The molecule has 112 valence electrons. The van der Waals surface area contributed by atoms with E-state index in [0.29, 0.717) is 18.2 Å². The number of benzene rings is 1. The van der Waals surface area contributed by atoms with Gasteiger partial charge < -0.3 is 11.1 Å². The summed E-state index contributed by atoms with van der Waals surface area (Å²) in [7, 11) is 0. The van der Waals surface area contributed by atoms with Crippen molar-refractivity contribution in [2.24, 2.45) is 5.73 Å². The maximum absolute atomic E-state index is 11.9. The highest BCUT2D eigenvalue weighted by Gasteiger charge is 2.12. The second-order valence-electron chi connectivity index (χ2n) is 5.57. The summed E-state index contributed by atoms with van der Waals surface area (Å²) >= 11 is 0. The third-order valence-corrected chi connectivity index (χ3v) is 3.45. The molecule has 1 unspecified atom stereocenters. The van der Waals surface area contributed by atoms with Crippen molar-refractivity contribution in [2.75, 3.05) is 6.54 Å². The van der Waals surface area contributed by atoms with Gasteiger partial charge in [-0.05, 0) is 30.0 Å². The molecule has 1 aromatic carbocycles. The van der Waals surface area contributed by atoms with Crippen molar-refractivity contribution < 1.29 is 4.79 Å². The van der Waals surface area contributed by atoms with Crippen LogP contribution < -0.4 is 11.1 Å². The molecule has 0 aliphatic carbocycles. The molecule has 5 heteroatoms. The summed E-state index contributed by atoms with van der Waals surface area (Å²) in [5.41, 5.74) is 9.64. The zero-order valence-electron chi connectivity index (χ0n) is 12.7. The Kier molecular flexibility index (Phi) is 4.75. The number of hydrogen-bond donors (Lipinski definition) is 3. The first kappa shape index (κ1) is 15.3. The number of aromatic nitrogens is 2. The fourth-order valence-electron chi connectivity index (χ4n) is 2.07. The van der Waals surface area contributed by atoms with Crippen molar-refractivity contribution in [3.8, 4) is 0 Å². The van der Waals surface area contributed by atoms with Crippen molar-refractivity contribution in [1.29, 1.82) is 0 Å². The van der Waals surface area contributed by atoms with Gasteiger partial charge in [0.05, 0.1) is 0 Å². The molecule has 2 rings (SSSR count). The van der Waals surface area contributed by atoms with Gasteiger partial charge in [-0.3, -0.25) is 9.89 Å². The lowest BCUT2D eigenvalue weighted by Crippen LogP contribution is -2.32. The number of nitrogens with one attached hydrogen (secondary N) is 2. The van der Waals surface area contributed by atoms with Crippen LogP contribution in [0.4, 0.5) is 0 Å². The molecule has 1 atom stereocenters. The van der Waals surface area contributed by atoms with Crippen LogP contribution in [0.15, 0.2) is 30.3 Å². The number of carbonyl (C=O) groups excluding carboxylic acids is 1. The summed E-state index contributed by atoms with van der Waals surface area (Å²) in [5, 5.41) is 9.46. The van der Waals surface area contributed by atoms with Crippen molar-refractivity contribution in [3.05, 3.63) is 52.8 Å². The fourth-order valence-corrected chi connectivity index (χ4v) is 2.07. The Labute approximate surface area is 124 Å². The quantitative estimate of drug-likeness (QED) is 0.788. The van der Waals surface area contributed by atoms with Gasteiger partial charge in [0.15, 0.2) is 0 Å². The molecule has 0 saturated carbocycles. The van der Waals surface area contributed by atoms with Crippen LogP contribution in [0.3, 0.4) is 0 Å². The van der Waals surface area contributed by atoms with Crippen LogP contribution in [0.1, 0.15) is 53.1 Å². The van der Waals surface area contributed by atoms with Crippen LogP contribution in [0, 0.1) is 6.92 Å². The number of carbonyl (C=O) groups is 1. The summed E-state index contributed by atoms with van der Waals surface area (Å²) in [5.74, 6) is 0.284. The molecule has 0 bridgehead atoms. The number of hydrogen-bond acceptors (Lipinski definition) is 3. The van der Waals surface area contributed by atoms with Gasteiger partial charge in [-0.2, -0.15) is 5.10 Å². The van der Waals surface area contributed by atoms with Crippen LogP contribution in [-0.2, 0) is 0 Å². The third kappa shape index (κ3) is 3.92. The Morgan fingerprint density at radius 2 is 1.90 bits per heavy atom. The Morgan fingerprint density at radius 1 is 1.29 bits per heavy atom.